The van der Waals surface area contributed by atoms with Crippen molar-refractivity contribution in [2.45, 2.75) is 52.6 Å². The van der Waals surface area contributed by atoms with Crippen molar-refractivity contribution < 1.29 is 9.59 Å². The predicted molar refractivity (Wildman–Crippen MR) is 64.9 cm³/mol. The van der Waals surface area contributed by atoms with Crippen LogP contribution in [-0.2, 0) is 9.59 Å². The lowest BCUT2D eigenvalue weighted by molar-refractivity contribution is -0.120. The highest BCUT2D eigenvalue weighted by atomic mass is 16.2. The molecule has 4 nitrogen and oxygen atoms in total. The van der Waals surface area contributed by atoms with Gasteiger partial charge in [0.1, 0.15) is 0 Å². The smallest absolute Gasteiger partial charge is 0.244 e. The van der Waals surface area contributed by atoms with Gasteiger partial charge in [-0.05, 0) is 41.5 Å². The van der Waals surface area contributed by atoms with E-state index in [2.05, 4.69) is 10.6 Å². The Hall–Kier alpha value is -1.32. The summed E-state index contributed by atoms with van der Waals surface area (Å²) in [6.45, 7) is 11.3. The molecule has 0 heterocycles. The van der Waals surface area contributed by atoms with Gasteiger partial charge in [0, 0.05) is 23.2 Å². The Balaban J connectivity index is 4.20. The summed E-state index contributed by atoms with van der Waals surface area (Å²) >= 11 is 0. The van der Waals surface area contributed by atoms with Crippen LogP contribution in [0, 0.1) is 0 Å². The highest BCUT2D eigenvalue weighted by Gasteiger charge is 2.13. The first-order valence-corrected chi connectivity index (χ1v) is 5.32. The lowest BCUT2D eigenvalue weighted by atomic mass is 10.1. The van der Waals surface area contributed by atoms with Gasteiger partial charge < -0.3 is 10.6 Å². The molecule has 0 aromatic rings. The molecule has 0 unspecified atom stereocenters. The fourth-order valence-electron chi connectivity index (χ4n) is 0.974. The predicted octanol–water partition coefficient (Wildman–Crippen LogP) is 1.37. The summed E-state index contributed by atoms with van der Waals surface area (Å²) in [7, 11) is 0. The summed E-state index contributed by atoms with van der Waals surface area (Å²) < 4.78 is 0. The molecule has 2 N–H and O–H groups in total. The van der Waals surface area contributed by atoms with Gasteiger partial charge >= 0.3 is 0 Å². The fourth-order valence-corrected chi connectivity index (χ4v) is 0.974. The first-order chi connectivity index (χ1) is 6.99. The Kier molecular flexibility index (Phi) is 4.72. The van der Waals surface area contributed by atoms with Gasteiger partial charge in [-0.1, -0.05) is 0 Å². The van der Waals surface area contributed by atoms with Gasteiger partial charge in [-0.3, -0.25) is 9.59 Å². The van der Waals surface area contributed by atoms with Crippen LogP contribution in [0.15, 0.2) is 12.2 Å². The molecule has 0 aliphatic carbocycles. The Bertz CT molecular complexity index is 263. The quantitative estimate of drug-likeness (QED) is 0.699. The molecule has 0 radical (unpaired) electrons. The molecule has 0 rings (SSSR count). The summed E-state index contributed by atoms with van der Waals surface area (Å²) in [6, 6.07) is 0. The lowest BCUT2D eigenvalue weighted by Gasteiger charge is -2.20. The molecular formula is C12H22N2O2. The fraction of sp³-hybridized carbons (Fsp3) is 0.667. The minimum absolute atomic E-state index is 0.267. The third-order valence-electron chi connectivity index (χ3n) is 1.38. The van der Waals surface area contributed by atoms with Crippen molar-refractivity contribution in [2.75, 3.05) is 0 Å². The van der Waals surface area contributed by atoms with E-state index in [1.165, 1.54) is 12.2 Å². The van der Waals surface area contributed by atoms with Crippen LogP contribution in [0.4, 0.5) is 0 Å². The highest BCUT2D eigenvalue weighted by molar-refractivity contribution is 5.97. The average Bonchev–Trinajstić information content (AvgIpc) is 1.94. The summed E-state index contributed by atoms with van der Waals surface area (Å²) in [6.07, 6.45) is 2.48. The van der Waals surface area contributed by atoms with Crippen molar-refractivity contribution in [1.82, 2.24) is 10.6 Å². The van der Waals surface area contributed by atoms with Crippen molar-refractivity contribution in [3.8, 4) is 0 Å². The first kappa shape index (κ1) is 14.7. The number of hydrogen-bond acceptors (Lipinski definition) is 2. The molecule has 2 amide bonds. The molecule has 0 atom stereocenters. The molecule has 16 heavy (non-hydrogen) atoms. The standard InChI is InChI=1S/C12H22N2O2/c1-11(2,3)13-9(15)7-8-10(16)14-12(4,5)6/h7-8H,1-6H3,(H,13,15)(H,14,16)/b8-7+. The maximum Gasteiger partial charge on any atom is 0.244 e. The molecule has 0 fully saturated rings. The maximum atomic E-state index is 11.4. The first-order valence-electron chi connectivity index (χ1n) is 5.32. The number of nitrogens with one attached hydrogen (secondary N) is 2. The Morgan fingerprint density at radius 1 is 0.750 bits per heavy atom. The van der Waals surface area contributed by atoms with E-state index >= 15 is 0 Å². The molecule has 0 saturated heterocycles. The summed E-state index contributed by atoms with van der Waals surface area (Å²) in [5.74, 6) is -0.534. The van der Waals surface area contributed by atoms with Crippen LogP contribution in [-0.4, -0.2) is 22.9 Å². The Morgan fingerprint density at radius 2 is 1.00 bits per heavy atom. The molecule has 0 aromatic carbocycles. The van der Waals surface area contributed by atoms with Gasteiger partial charge in [-0.25, -0.2) is 0 Å². The second kappa shape index (κ2) is 5.14. The van der Waals surface area contributed by atoms with E-state index in [1.54, 1.807) is 0 Å². The van der Waals surface area contributed by atoms with Crippen LogP contribution in [0.3, 0.4) is 0 Å². The number of rotatable bonds is 2. The summed E-state index contributed by atoms with van der Waals surface area (Å²) in [4.78, 5) is 22.7. The number of hydrogen-bond donors (Lipinski definition) is 2. The van der Waals surface area contributed by atoms with Gasteiger partial charge in [0.05, 0.1) is 0 Å². The van der Waals surface area contributed by atoms with E-state index in [-0.39, 0.29) is 22.9 Å². The lowest BCUT2D eigenvalue weighted by Crippen LogP contribution is -2.41. The van der Waals surface area contributed by atoms with Gasteiger partial charge in [0.25, 0.3) is 0 Å². The molecule has 0 spiro atoms. The topological polar surface area (TPSA) is 58.2 Å². The SMILES string of the molecule is CC(C)(C)NC(=O)/C=C/C(=O)NC(C)(C)C. The zero-order valence-electron chi connectivity index (χ0n) is 11.0. The monoisotopic (exact) mass is 226 g/mol. The van der Waals surface area contributed by atoms with Crippen molar-refractivity contribution in [3.05, 3.63) is 12.2 Å². The normalized spacial score (nSPS) is 12.6. The number of carbonyl (C=O) groups excluding carboxylic acids is 2. The van der Waals surface area contributed by atoms with E-state index in [9.17, 15) is 9.59 Å². The van der Waals surface area contributed by atoms with Crippen molar-refractivity contribution in [3.63, 3.8) is 0 Å². The number of amides is 2. The van der Waals surface area contributed by atoms with Crippen LogP contribution < -0.4 is 10.6 Å². The molecule has 0 saturated carbocycles. The third kappa shape index (κ3) is 9.24. The Labute approximate surface area is 97.5 Å². The van der Waals surface area contributed by atoms with E-state index in [0.717, 1.165) is 0 Å². The second-order valence-corrected chi connectivity index (χ2v) is 5.81. The summed E-state index contributed by atoms with van der Waals surface area (Å²) in [5, 5.41) is 5.46. The van der Waals surface area contributed by atoms with Crippen molar-refractivity contribution in [1.29, 1.82) is 0 Å². The van der Waals surface area contributed by atoms with Gasteiger partial charge in [0.15, 0.2) is 0 Å². The molecule has 92 valence electrons. The van der Waals surface area contributed by atoms with Crippen molar-refractivity contribution in [2.24, 2.45) is 0 Å². The van der Waals surface area contributed by atoms with Crippen LogP contribution in [0.5, 0.6) is 0 Å². The van der Waals surface area contributed by atoms with Gasteiger partial charge in [0.2, 0.25) is 11.8 Å². The second-order valence-electron chi connectivity index (χ2n) is 5.81. The van der Waals surface area contributed by atoms with E-state index in [4.69, 9.17) is 0 Å². The molecular weight excluding hydrogens is 204 g/mol. The zero-order valence-corrected chi connectivity index (χ0v) is 11.0. The van der Waals surface area contributed by atoms with Crippen molar-refractivity contribution >= 4 is 11.8 Å². The number of carbonyl (C=O) groups is 2. The molecule has 0 bridgehead atoms. The largest absolute Gasteiger partial charge is 0.348 e. The molecule has 0 aromatic heterocycles. The molecule has 0 aliphatic rings. The van der Waals surface area contributed by atoms with E-state index in [0.29, 0.717) is 0 Å². The van der Waals surface area contributed by atoms with Crippen LogP contribution in [0.25, 0.3) is 0 Å². The third-order valence-corrected chi connectivity index (χ3v) is 1.38. The molecule has 0 aliphatic heterocycles. The minimum Gasteiger partial charge on any atom is -0.348 e. The van der Waals surface area contributed by atoms with E-state index in [1.807, 2.05) is 41.5 Å². The summed E-state index contributed by atoms with van der Waals surface area (Å²) in [5.41, 5.74) is -0.580. The maximum absolute atomic E-state index is 11.4. The average molecular weight is 226 g/mol. The highest BCUT2D eigenvalue weighted by Crippen LogP contribution is 1.99. The van der Waals surface area contributed by atoms with Crippen LogP contribution in [0.1, 0.15) is 41.5 Å². The van der Waals surface area contributed by atoms with Crippen LogP contribution >= 0.6 is 0 Å². The van der Waals surface area contributed by atoms with Gasteiger partial charge in [-0.2, -0.15) is 0 Å². The van der Waals surface area contributed by atoms with E-state index < -0.39 is 0 Å². The minimum atomic E-state index is -0.290. The van der Waals surface area contributed by atoms with Crippen LogP contribution in [0.2, 0.25) is 0 Å². The van der Waals surface area contributed by atoms with Gasteiger partial charge in [-0.15, -0.1) is 0 Å². The Morgan fingerprint density at radius 3 is 1.19 bits per heavy atom. The molecule has 4 heteroatoms. The zero-order chi connectivity index (χ0) is 13.0.